The maximum Gasteiger partial charge on any atom is 0.144 e. The Balaban J connectivity index is 3.04. The Bertz CT molecular complexity index is 263. The lowest BCUT2D eigenvalue weighted by Crippen LogP contribution is -2.03. The van der Waals surface area contributed by atoms with Crippen molar-refractivity contribution in [3.05, 3.63) is 34.1 Å². The van der Waals surface area contributed by atoms with E-state index >= 15 is 0 Å². The van der Waals surface area contributed by atoms with Crippen LogP contribution >= 0.6 is 11.6 Å². The zero-order valence-electron chi connectivity index (χ0n) is 6.90. The van der Waals surface area contributed by atoms with Crippen LogP contribution in [0, 0.1) is 12.7 Å². The molecule has 0 amide bonds. The van der Waals surface area contributed by atoms with Crippen molar-refractivity contribution in [3.8, 4) is 0 Å². The van der Waals surface area contributed by atoms with Crippen molar-refractivity contribution >= 4 is 11.6 Å². The van der Waals surface area contributed by atoms with Gasteiger partial charge in [-0.1, -0.05) is 17.7 Å². The first-order valence-corrected chi connectivity index (χ1v) is 4.17. The Morgan fingerprint density at radius 2 is 2.17 bits per heavy atom. The summed E-state index contributed by atoms with van der Waals surface area (Å²) < 4.78 is 13.0. The van der Waals surface area contributed by atoms with Crippen LogP contribution in [0.4, 0.5) is 4.39 Å². The van der Waals surface area contributed by atoms with E-state index in [2.05, 4.69) is 0 Å². The molecule has 66 valence electrons. The topological polar surface area (TPSA) is 26.0 Å². The van der Waals surface area contributed by atoms with Crippen molar-refractivity contribution in [1.82, 2.24) is 0 Å². The molecule has 1 aromatic rings. The van der Waals surface area contributed by atoms with Gasteiger partial charge in [0.15, 0.2) is 0 Å². The lowest BCUT2D eigenvalue weighted by Gasteiger charge is -2.03. The molecule has 1 aromatic carbocycles. The lowest BCUT2D eigenvalue weighted by molar-refractivity contribution is 0.618. The fraction of sp³-hybridized carbons (Fsp3) is 0.333. The van der Waals surface area contributed by atoms with Crippen LogP contribution in [0.25, 0.3) is 0 Å². The smallest absolute Gasteiger partial charge is 0.144 e. The summed E-state index contributed by atoms with van der Waals surface area (Å²) in [7, 11) is 0. The van der Waals surface area contributed by atoms with Gasteiger partial charge in [0.05, 0.1) is 5.02 Å². The summed E-state index contributed by atoms with van der Waals surface area (Å²) in [6.07, 6.45) is 0.737. The van der Waals surface area contributed by atoms with Crippen LogP contribution in [0.1, 0.15) is 11.1 Å². The predicted octanol–water partition coefficient (Wildman–Crippen LogP) is 2.29. The minimum absolute atomic E-state index is 0.179. The average Bonchev–Trinajstić information content (AvgIpc) is 2.01. The van der Waals surface area contributed by atoms with E-state index in [1.54, 1.807) is 19.1 Å². The SMILES string of the molecule is Cc1cc(CCN)cc(Cl)c1F. The molecule has 0 bridgehead atoms. The van der Waals surface area contributed by atoms with Gasteiger partial charge in [0.25, 0.3) is 0 Å². The number of halogens is 2. The van der Waals surface area contributed by atoms with Crippen LogP contribution < -0.4 is 5.73 Å². The summed E-state index contributed by atoms with van der Waals surface area (Å²) in [6, 6.07) is 3.39. The van der Waals surface area contributed by atoms with E-state index in [1.165, 1.54) is 0 Å². The first-order chi connectivity index (χ1) is 5.65. The summed E-state index contributed by atoms with van der Waals surface area (Å²) in [4.78, 5) is 0. The normalized spacial score (nSPS) is 10.3. The number of nitrogens with two attached hydrogens (primary N) is 1. The van der Waals surface area contributed by atoms with E-state index in [9.17, 15) is 4.39 Å². The summed E-state index contributed by atoms with van der Waals surface area (Å²) >= 11 is 5.64. The Morgan fingerprint density at radius 3 is 2.67 bits per heavy atom. The van der Waals surface area contributed by atoms with E-state index in [0.717, 1.165) is 12.0 Å². The first-order valence-electron chi connectivity index (χ1n) is 3.79. The highest BCUT2D eigenvalue weighted by Gasteiger charge is 2.04. The van der Waals surface area contributed by atoms with Crippen molar-refractivity contribution in [2.45, 2.75) is 13.3 Å². The van der Waals surface area contributed by atoms with Crippen molar-refractivity contribution in [3.63, 3.8) is 0 Å². The molecule has 2 N–H and O–H groups in total. The zero-order valence-corrected chi connectivity index (χ0v) is 7.66. The Morgan fingerprint density at radius 1 is 1.50 bits per heavy atom. The summed E-state index contributed by atoms with van der Waals surface area (Å²) in [5, 5.41) is 0.179. The second kappa shape index (κ2) is 3.87. The second-order valence-corrected chi connectivity index (χ2v) is 3.15. The molecular weight excluding hydrogens is 177 g/mol. The van der Waals surface area contributed by atoms with Crippen LogP contribution in [0.2, 0.25) is 5.02 Å². The third-order valence-electron chi connectivity index (χ3n) is 1.70. The van der Waals surface area contributed by atoms with Crippen LogP contribution in [0.3, 0.4) is 0 Å². The van der Waals surface area contributed by atoms with Gasteiger partial charge in [0.2, 0.25) is 0 Å². The highest BCUT2D eigenvalue weighted by atomic mass is 35.5. The molecule has 0 aromatic heterocycles. The molecule has 0 aliphatic rings. The van der Waals surface area contributed by atoms with Crippen LogP contribution in [0.5, 0.6) is 0 Å². The van der Waals surface area contributed by atoms with E-state index < -0.39 is 0 Å². The third-order valence-corrected chi connectivity index (χ3v) is 1.98. The number of hydrogen-bond donors (Lipinski definition) is 1. The van der Waals surface area contributed by atoms with E-state index in [-0.39, 0.29) is 10.8 Å². The Hall–Kier alpha value is -0.600. The van der Waals surface area contributed by atoms with Crippen molar-refractivity contribution in [2.24, 2.45) is 5.73 Å². The van der Waals surface area contributed by atoms with E-state index in [0.29, 0.717) is 12.1 Å². The molecule has 0 aliphatic heterocycles. The molecular formula is C9H11ClFN. The highest BCUT2D eigenvalue weighted by molar-refractivity contribution is 6.30. The molecule has 0 atom stereocenters. The molecule has 0 heterocycles. The molecule has 3 heteroatoms. The average molecular weight is 188 g/mol. The quantitative estimate of drug-likeness (QED) is 0.756. The lowest BCUT2D eigenvalue weighted by atomic mass is 10.1. The van der Waals surface area contributed by atoms with Crippen molar-refractivity contribution < 1.29 is 4.39 Å². The monoisotopic (exact) mass is 187 g/mol. The fourth-order valence-electron chi connectivity index (χ4n) is 1.11. The molecule has 1 nitrogen and oxygen atoms in total. The van der Waals surface area contributed by atoms with Crippen molar-refractivity contribution in [1.29, 1.82) is 0 Å². The third kappa shape index (κ3) is 1.96. The number of aryl methyl sites for hydroxylation is 1. The molecule has 0 fully saturated rings. The molecule has 12 heavy (non-hydrogen) atoms. The van der Waals surface area contributed by atoms with E-state index in [1.807, 2.05) is 0 Å². The number of hydrogen-bond acceptors (Lipinski definition) is 1. The summed E-state index contributed by atoms with van der Waals surface area (Å²) in [5.41, 5.74) is 6.92. The first kappa shape index (κ1) is 9.49. The summed E-state index contributed by atoms with van der Waals surface area (Å²) in [5.74, 6) is -0.336. The van der Waals surface area contributed by atoms with Crippen LogP contribution in [-0.4, -0.2) is 6.54 Å². The van der Waals surface area contributed by atoms with Gasteiger partial charge in [0.1, 0.15) is 5.82 Å². The molecule has 1 rings (SSSR count). The maximum absolute atomic E-state index is 13.0. The molecule has 0 unspecified atom stereocenters. The molecule has 0 saturated carbocycles. The van der Waals surface area contributed by atoms with Gasteiger partial charge in [-0.25, -0.2) is 4.39 Å². The van der Waals surface area contributed by atoms with Crippen molar-refractivity contribution in [2.75, 3.05) is 6.54 Å². The van der Waals surface area contributed by atoms with Gasteiger partial charge >= 0.3 is 0 Å². The molecule has 0 spiro atoms. The van der Waals surface area contributed by atoms with Gasteiger partial charge < -0.3 is 5.73 Å². The second-order valence-electron chi connectivity index (χ2n) is 2.75. The Labute approximate surface area is 76.3 Å². The van der Waals surface area contributed by atoms with Crippen LogP contribution in [0.15, 0.2) is 12.1 Å². The van der Waals surface area contributed by atoms with Gasteiger partial charge in [-0.2, -0.15) is 0 Å². The minimum Gasteiger partial charge on any atom is -0.330 e. The van der Waals surface area contributed by atoms with Crippen LogP contribution in [-0.2, 0) is 6.42 Å². The predicted molar refractivity (Wildman–Crippen MR) is 48.9 cm³/mol. The Kier molecular flexibility index (Phi) is 3.06. The number of benzene rings is 1. The van der Waals surface area contributed by atoms with E-state index in [4.69, 9.17) is 17.3 Å². The van der Waals surface area contributed by atoms with Gasteiger partial charge in [-0.05, 0) is 37.1 Å². The maximum atomic E-state index is 13.0. The molecule has 0 aliphatic carbocycles. The number of rotatable bonds is 2. The zero-order chi connectivity index (χ0) is 9.14. The largest absolute Gasteiger partial charge is 0.330 e. The van der Waals surface area contributed by atoms with Gasteiger partial charge in [-0.15, -0.1) is 0 Å². The van der Waals surface area contributed by atoms with Gasteiger partial charge in [0, 0.05) is 0 Å². The summed E-state index contributed by atoms with van der Waals surface area (Å²) in [6.45, 7) is 2.25. The standard InChI is InChI=1S/C9H11ClFN/c1-6-4-7(2-3-12)5-8(10)9(6)11/h4-5H,2-3,12H2,1H3. The molecule has 0 radical (unpaired) electrons. The molecule has 0 saturated heterocycles. The fourth-order valence-corrected chi connectivity index (χ4v) is 1.40. The highest BCUT2D eigenvalue weighted by Crippen LogP contribution is 2.20. The minimum atomic E-state index is -0.336. The van der Waals surface area contributed by atoms with Gasteiger partial charge in [-0.3, -0.25) is 0 Å².